The number of aryl methyl sites for hydroxylation is 2. The maximum Gasteiger partial charge on any atom is 0.268 e. The molecule has 36 heavy (non-hydrogen) atoms. The fraction of sp³-hybridized carbons (Fsp3) is 0.467. The van der Waals surface area contributed by atoms with Crippen molar-refractivity contribution in [2.45, 2.75) is 65.0 Å². The molecule has 192 valence electrons. The van der Waals surface area contributed by atoms with Gasteiger partial charge in [0.05, 0.1) is 5.92 Å². The first-order valence-electron chi connectivity index (χ1n) is 13.3. The van der Waals surface area contributed by atoms with Gasteiger partial charge in [0, 0.05) is 42.3 Å². The fourth-order valence-corrected chi connectivity index (χ4v) is 5.43. The molecule has 3 N–H and O–H groups in total. The summed E-state index contributed by atoms with van der Waals surface area (Å²) in [4.78, 5) is 26.7. The van der Waals surface area contributed by atoms with Gasteiger partial charge in [-0.1, -0.05) is 57.0 Å². The molecule has 1 fully saturated rings. The summed E-state index contributed by atoms with van der Waals surface area (Å²) in [7, 11) is 1.92. The highest BCUT2D eigenvalue weighted by atomic mass is 16.2. The summed E-state index contributed by atoms with van der Waals surface area (Å²) in [5, 5.41) is 11.1. The largest absolute Gasteiger partial charge is 0.383 e. The number of para-hydroxylation sites is 1. The zero-order valence-electron chi connectivity index (χ0n) is 22.0. The van der Waals surface area contributed by atoms with E-state index in [4.69, 9.17) is 0 Å². The molecule has 1 heterocycles. The number of carbonyl (C=O) groups is 2. The Kier molecular flexibility index (Phi) is 8.34. The number of aromatic nitrogens is 1. The molecular weight excluding hydrogens is 448 g/mol. The van der Waals surface area contributed by atoms with Gasteiger partial charge in [-0.15, -0.1) is 0 Å². The number of rotatable bonds is 9. The third kappa shape index (κ3) is 6.28. The average Bonchev–Trinajstić information content (AvgIpc) is 3.19. The molecule has 3 atom stereocenters. The molecule has 1 aliphatic rings. The number of amides is 2. The molecule has 4 rings (SSSR count). The molecule has 2 aromatic carbocycles. The number of nitrogens with one attached hydrogen (secondary N) is 3. The molecule has 0 bridgehead atoms. The molecule has 0 unspecified atom stereocenters. The van der Waals surface area contributed by atoms with E-state index in [0.717, 1.165) is 48.7 Å². The number of nitrogens with zero attached hydrogens (tertiary/aromatic N) is 1. The number of benzene rings is 2. The van der Waals surface area contributed by atoms with Gasteiger partial charge in [0.2, 0.25) is 5.91 Å². The zero-order valence-corrected chi connectivity index (χ0v) is 22.0. The van der Waals surface area contributed by atoms with Gasteiger partial charge in [0.25, 0.3) is 5.91 Å². The van der Waals surface area contributed by atoms with Crippen LogP contribution in [0.1, 0.15) is 62.0 Å². The van der Waals surface area contributed by atoms with E-state index in [2.05, 4.69) is 54.9 Å². The summed E-state index contributed by atoms with van der Waals surface area (Å²) in [6, 6.07) is 18.1. The fourth-order valence-electron chi connectivity index (χ4n) is 5.43. The number of fused-ring (bicyclic) bond motifs is 1. The second-order valence-corrected chi connectivity index (χ2v) is 10.7. The van der Waals surface area contributed by atoms with Gasteiger partial charge in [-0.2, -0.15) is 0 Å². The van der Waals surface area contributed by atoms with E-state index in [1.165, 1.54) is 5.56 Å². The molecule has 1 saturated carbocycles. The van der Waals surface area contributed by atoms with E-state index >= 15 is 0 Å². The van der Waals surface area contributed by atoms with Crippen LogP contribution in [0.5, 0.6) is 0 Å². The lowest BCUT2D eigenvalue weighted by atomic mass is 9.83. The highest BCUT2D eigenvalue weighted by Gasteiger charge is 2.33. The molecule has 6 nitrogen and oxygen atoms in total. The van der Waals surface area contributed by atoms with Crippen LogP contribution < -0.4 is 16.0 Å². The Balaban J connectivity index is 1.42. The normalized spacial score (nSPS) is 18.7. The van der Waals surface area contributed by atoms with Crippen molar-refractivity contribution in [3.05, 3.63) is 65.9 Å². The predicted octanol–water partition coefficient (Wildman–Crippen LogP) is 5.42. The van der Waals surface area contributed by atoms with Crippen LogP contribution in [-0.4, -0.2) is 35.0 Å². The SMILES string of the molecule is Cc1cccc(NC[C@H](CC(C)C)NC(=O)[C@@H]2CCCC[C@@H]2NC(=O)c2cc3ccccc3n2C)c1. The molecule has 2 amide bonds. The minimum atomic E-state index is -0.217. The topological polar surface area (TPSA) is 75.2 Å². The van der Waals surface area contributed by atoms with Crippen LogP contribution >= 0.6 is 0 Å². The first kappa shape index (κ1) is 25.8. The van der Waals surface area contributed by atoms with E-state index in [1.807, 2.05) is 48.0 Å². The van der Waals surface area contributed by atoms with Gasteiger partial charge >= 0.3 is 0 Å². The van der Waals surface area contributed by atoms with Gasteiger partial charge in [-0.3, -0.25) is 9.59 Å². The highest BCUT2D eigenvalue weighted by molar-refractivity contribution is 5.99. The van der Waals surface area contributed by atoms with E-state index in [9.17, 15) is 9.59 Å². The van der Waals surface area contributed by atoms with Crippen molar-refractivity contribution in [3.8, 4) is 0 Å². The Morgan fingerprint density at radius 1 is 1.03 bits per heavy atom. The maximum absolute atomic E-state index is 13.5. The summed E-state index contributed by atoms with van der Waals surface area (Å²) in [5.74, 6) is 0.181. The molecular formula is C30H40N4O2. The third-order valence-electron chi connectivity index (χ3n) is 7.28. The molecule has 3 aromatic rings. The molecule has 0 radical (unpaired) electrons. The summed E-state index contributed by atoms with van der Waals surface area (Å²) >= 11 is 0. The molecule has 1 aromatic heterocycles. The van der Waals surface area contributed by atoms with Gasteiger partial charge in [-0.05, 0) is 61.9 Å². The first-order valence-corrected chi connectivity index (χ1v) is 13.3. The van der Waals surface area contributed by atoms with Crippen molar-refractivity contribution in [2.75, 3.05) is 11.9 Å². The third-order valence-corrected chi connectivity index (χ3v) is 7.28. The minimum absolute atomic E-state index is 0.0227. The second kappa shape index (κ2) is 11.6. The van der Waals surface area contributed by atoms with Gasteiger partial charge in [0.1, 0.15) is 5.69 Å². The van der Waals surface area contributed by atoms with Crippen LogP contribution in [0.2, 0.25) is 0 Å². The standard InChI is InChI=1S/C30H40N4O2/c1-20(2)16-24(19-31-23-12-9-10-21(3)17-23)32-29(35)25-13-6-7-14-26(25)33-30(36)28-18-22-11-5-8-15-27(22)34(28)4/h5,8-12,15,17-18,20,24-26,31H,6-7,13-14,16,19H2,1-4H3,(H,32,35)(H,33,36)/t24-,25+,26-/m0/s1. The second-order valence-electron chi connectivity index (χ2n) is 10.7. The van der Waals surface area contributed by atoms with Gasteiger partial charge in [-0.25, -0.2) is 0 Å². The Bertz CT molecular complexity index is 1200. The summed E-state index contributed by atoms with van der Waals surface area (Å²) < 4.78 is 1.93. The Hall–Kier alpha value is -3.28. The van der Waals surface area contributed by atoms with Crippen molar-refractivity contribution in [1.29, 1.82) is 0 Å². The lowest BCUT2D eigenvalue weighted by Crippen LogP contribution is -2.51. The number of anilines is 1. The van der Waals surface area contributed by atoms with Crippen molar-refractivity contribution in [1.82, 2.24) is 15.2 Å². The quantitative estimate of drug-likeness (QED) is 0.377. The van der Waals surface area contributed by atoms with E-state index in [1.54, 1.807) is 0 Å². The molecule has 1 aliphatic carbocycles. The summed E-state index contributed by atoms with van der Waals surface area (Å²) in [5.41, 5.74) is 3.92. The number of hydrogen-bond donors (Lipinski definition) is 3. The maximum atomic E-state index is 13.5. The average molecular weight is 489 g/mol. The molecule has 0 aliphatic heterocycles. The van der Waals surface area contributed by atoms with Crippen LogP contribution in [0.25, 0.3) is 10.9 Å². The Morgan fingerprint density at radius 3 is 2.56 bits per heavy atom. The van der Waals surface area contributed by atoms with Crippen LogP contribution in [0, 0.1) is 18.8 Å². The minimum Gasteiger partial charge on any atom is -0.383 e. The predicted molar refractivity (Wildman–Crippen MR) is 147 cm³/mol. The summed E-state index contributed by atoms with van der Waals surface area (Å²) in [6.45, 7) is 7.11. The summed E-state index contributed by atoms with van der Waals surface area (Å²) in [6.07, 6.45) is 4.54. The van der Waals surface area contributed by atoms with Crippen molar-refractivity contribution in [2.24, 2.45) is 18.9 Å². The molecule has 0 spiro atoms. The lowest BCUT2D eigenvalue weighted by Gasteiger charge is -2.33. The van der Waals surface area contributed by atoms with E-state index in [-0.39, 0.29) is 29.8 Å². The van der Waals surface area contributed by atoms with E-state index in [0.29, 0.717) is 18.2 Å². The highest BCUT2D eigenvalue weighted by Crippen LogP contribution is 2.26. The Labute approximate surface area is 214 Å². The first-order chi connectivity index (χ1) is 17.3. The van der Waals surface area contributed by atoms with Crippen molar-refractivity contribution >= 4 is 28.4 Å². The monoisotopic (exact) mass is 488 g/mol. The number of carbonyl (C=O) groups excluding carboxylic acids is 2. The van der Waals surface area contributed by atoms with Crippen LogP contribution in [0.15, 0.2) is 54.6 Å². The molecule has 0 saturated heterocycles. The van der Waals surface area contributed by atoms with Crippen LogP contribution in [0.4, 0.5) is 5.69 Å². The Morgan fingerprint density at radius 2 is 1.81 bits per heavy atom. The molecule has 6 heteroatoms. The van der Waals surface area contributed by atoms with Gasteiger partial charge in [0.15, 0.2) is 0 Å². The van der Waals surface area contributed by atoms with E-state index < -0.39 is 0 Å². The van der Waals surface area contributed by atoms with Gasteiger partial charge < -0.3 is 20.5 Å². The van der Waals surface area contributed by atoms with Crippen molar-refractivity contribution < 1.29 is 9.59 Å². The zero-order chi connectivity index (χ0) is 25.7. The van der Waals surface area contributed by atoms with Crippen LogP contribution in [0.3, 0.4) is 0 Å². The lowest BCUT2D eigenvalue weighted by molar-refractivity contribution is -0.127. The van der Waals surface area contributed by atoms with Crippen LogP contribution in [-0.2, 0) is 11.8 Å². The smallest absolute Gasteiger partial charge is 0.268 e. The number of hydrogen-bond acceptors (Lipinski definition) is 3. The van der Waals surface area contributed by atoms with Crippen molar-refractivity contribution in [3.63, 3.8) is 0 Å².